The lowest BCUT2D eigenvalue weighted by molar-refractivity contribution is 0.0767. The van der Waals surface area contributed by atoms with Crippen molar-refractivity contribution in [2.75, 3.05) is 26.7 Å². The quantitative estimate of drug-likeness (QED) is 0.665. The molecule has 22 heavy (non-hydrogen) atoms. The van der Waals surface area contributed by atoms with Crippen molar-refractivity contribution < 1.29 is 4.74 Å². The molecule has 4 atom stereocenters. The number of hydrogen-bond donors (Lipinski definition) is 1. The largest absolute Gasteiger partial charge is 0.374 e. The van der Waals surface area contributed by atoms with Gasteiger partial charge in [-0.15, -0.1) is 0 Å². The molecule has 120 valence electrons. The Morgan fingerprint density at radius 3 is 2.68 bits per heavy atom. The summed E-state index contributed by atoms with van der Waals surface area (Å²) in [4.78, 5) is 11.2. The molecule has 1 N–H and O–H groups in total. The maximum Gasteiger partial charge on any atom is 0.193 e. The minimum absolute atomic E-state index is 0.506. The maximum atomic E-state index is 6.05. The monoisotopic (exact) mass is 303 g/mol. The van der Waals surface area contributed by atoms with Crippen molar-refractivity contribution in [3.8, 4) is 0 Å². The molecule has 4 unspecified atom stereocenters. The summed E-state index contributed by atoms with van der Waals surface area (Å²) in [6.45, 7) is 6.01. The highest BCUT2D eigenvalue weighted by atomic mass is 16.5. The first-order chi connectivity index (χ1) is 10.8. The van der Waals surface area contributed by atoms with Gasteiger partial charge in [0.05, 0.1) is 12.2 Å². The summed E-state index contributed by atoms with van der Waals surface area (Å²) in [5.74, 6) is 3.52. The van der Waals surface area contributed by atoms with Gasteiger partial charge in [0.1, 0.15) is 5.82 Å². The summed E-state index contributed by atoms with van der Waals surface area (Å²) in [5, 5.41) is 3.50. The van der Waals surface area contributed by atoms with Crippen LogP contribution in [-0.2, 0) is 11.3 Å². The van der Waals surface area contributed by atoms with Crippen LogP contribution in [0.2, 0.25) is 0 Å². The van der Waals surface area contributed by atoms with E-state index in [0.717, 1.165) is 38.0 Å². The van der Waals surface area contributed by atoms with Gasteiger partial charge in [0.15, 0.2) is 5.96 Å². The van der Waals surface area contributed by atoms with Crippen molar-refractivity contribution >= 4 is 5.96 Å². The van der Waals surface area contributed by atoms with E-state index < -0.39 is 0 Å². The first kappa shape index (κ1) is 14.1. The minimum atomic E-state index is 0.506. The fourth-order valence-corrected chi connectivity index (χ4v) is 4.39. The first-order valence-electron chi connectivity index (χ1n) is 8.35. The molecule has 3 fully saturated rings. The van der Waals surface area contributed by atoms with E-state index in [2.05, 4.69) is 24.8 Å². The second kappa shape index (κ2) is 5.57. The van der Waals surface area contributed by atoms with E-state index in [1.165, 1.54) is 12.8 Å². The van der Waals surface area contributed by atoms with Crippen molar-refractivity contribution in [3.63, 3.8) is 0 Å². The summed E-state index contributed by atoms with van der Waals surface area (Å²) >= 11 is 0. The summed E-state index contributed by atoms with van der Waals surface area (Å²) in [6, 6.07) is 0. The van der Waals surface area contributed by atoms with E-state index in [1.807, 2.05) is 26.4 Å². The average molecular weight is 303 g/mol. The van der Waals surface area contributed by atoms with Crippen LogP contribution in [0.25, 0.3) is 0 Å². The molecule has 3 aliphatic rings. The molecule has 6 heteroatoms. The Hall–Kier alpha value is -1.56. The minimum Gasteiger partial charge on any atom is -0.374 e. The summed E-state index contributed by atoms with van der Waals surface area (Å²) in [5.41, 5.74) is 0. The smallest absolute Gasteiger partial charge is 0.193 e. The lowest BCUT2D eigenvalue weighted by atomic mass is 9.82. The zero-order valence-corrected chi connectivity index (χ0v) is 13.4. The molecule has 0 saturated carbocycles. The molecule has 4 heterocycles. The number of nitrogens with one attached hydrogen (secondary N) is 1. The van der Waals surface area contributed by atoms with E-state index >= 15 is 0 Å². The molecular weight excluding hydrogens is 278 g/mol. The number of fused-ring (bicyclic) bond motifs is 5. The zero-order valence-electron chi connectivity index (χ0n) is 13.4. The molecule has 0 aromatic carbocycles. The van der Waals surface area contributed by atoms with Gasteiger partial charge in [-0.05, 0) is 19.8 Å². The molecule has 3 saturated heterocycles. The summed E-state index contributed by atoms with van der Waals surface area (Å²) in [7, 11) is 1.88. The van der Waals surface area contributed by atoms with Crippen LogP contribution in [-0.4, -0.2) is 59.3 Å². The standard InChI is InChI=1S/C16H25N5O/c1-11-18-5-7-20(11)8-6-19-16(17-2)21-9-12-13(10-21)15-4-3-14(12)22-15/h5,7,12-15H,3-4,6,8-10H2,1-2H3,(H,17,19). The molecule has 2 bridgehead atoms. The third kappa shape index (κ3) is 2.29. The summed E-state index contributed by atoms with van der Waals surface area (Å²) < 4.78 is 8.21. The van der Waals surface area contributed by atoms with Crippen molar-refractivity contribution in [1.82, 2.24) is 19.8 Å². The molecule has 1 aromatic heterocycles. The van der Waals surface area contributed by atoms with Crippen LogP contribution in [0.5, 0.6) is 0 Å². The number of likely N-dealkylation sites (tertiary alicyclic amines) is 1. The highest BCUT2D eigenvalue weighted by molar-refractivity contribution is 5.80. The maximum absolute atomic E-state index is 6.05. The van der Waals surface area contributed by atoms with Gasteiger partial charge in [0, 0.05) is 57.5 Å². The Morgan fingerprint density at radius 2 is 2.09 bits per heavy atom. The van der Waals surface area contributed by atoms with Gasteiger partial charge in [-0.3, -0.25) is 4.99 Å². The van der Waals surface area contributed by atoms with Crippen LogP contribution < -0.4 is 5.32 Å². The van der Waals surface area contributed by atoms with E-state index in [-0.39, 0.29) is 0 Å². The fourth-order valence-electron chi connectivity index (χ4n) is 4.39. The Balaban J connectivity index is 1.33. The number of guanidine groups is 1. The van der Waals surface area contributed by atoms with Gasteiger partial charge in [-0.2, -0.15) is 0 Å². The molecule has 4 rings (SSSR count). The Labute approximate surface area is 131 Å². The van der Waals surface area contributed by atoms with Crippen LogP contribution >= 0.6 is 0 Å². The number of hydrogen-bond acceptors (Lipinski definition) is 3. The van der Waals surface area contributed by atoms with Crippen LogP contribution in [0, 0.1) is 18.8 Å². The van der Waals surface area contributed by atoms with Crippen LogP contribution in [0.15, 0.2) is 17.4 Å². The van der Waals surface area contributed by atoms with Crippen molar-refractivity contribution in [2.45, 2.75) is 38.5 Å². The molecule has 0 amide bonds. The molecule has 0 radical (unpaired) electrons. The number of aryl methyl sites for hydroxylation is 1. The van der Waals surface area contributed by atoms with E-state index in [1.54, 1.807) is 0 Å². The van der Waals surface area contributed by atoms with Crippen LogP contribution in [0.1, 0.15) is 18.7 Å². The Bertz CT molecular complexity index is 551. The van der Waals surface area contributed by atoms with E-state index in [4.69, 9.17) is 4.74 Å². The van der Waals surface area contributed by atoms with Gasteiger partial charge >= 0.3 is 0 Å². The average Bonchev–Trinajstić information content (AvgIpc) is 3.26. The third-order valence-electron chi connectivity index (χ3n) is 5.52. The van der Waals surface area contributed by atoms with Crippen molar-refractivity contribution in [2.24, 2.45) is 16.8 Å². The predicted octanol–water partition coefficient (Wildman–Crippen LogP) is 0.876. The zero-order chi connectivity index (χ0) is 15.1. The molecule has 6 nitrogen and oxygen atoms in total. The predicted molar refractivity (Wildman–Crippen MR) is 84.8 cm³/mol. The van der Waals surface area contributed by atoms with Gasteiger partial charge in [0.25, 0.3) is 0 Å². The van der Waals surface area contributed by atoms with Crippen LogP contribution in [0.4, 0.5) is 0 Å². The molecule has 0 spiro atoms. The lowest BCUT2D eigenvalue weighted by Crippen LogP contribution is -2.42. The van der Waals surface area contributed by atoms with Gasteiger partial charge < -0.3 is 19.5 Å². The number of aliphatic imine (C=N–C) groups is 1. The number of imidazole rings is 1. The van der Waals surface area contributed by atoms with Crippen LogP contribution in [0.3, 0.4) is 0 Å². The fraction of sp³-hybridized carbons (Fsp3) is 0.750. The topological polar surface area (TPSA) is 54.7 Å². The second-order valence-electron chi connectivity index (χ2n) is 6.66. The summed E-state index contributed by atoms with van der Waals surface area (Å²) in [6.07, 6.45) is 7.40. The van der Waals surface area contributed by atoms with Crippen molar-refractivity contribution in [3.05, 3.63) is 18.2 Å². The highest BCUT2D eigenvalue weighted by Crippen LogP contribution is 2.47. The third-order valence-corrected chi connectivity index (χ3v) is 5.52. The lowest BCUT2D eigenvalue weighted by Gasteiger charge is -2.23. The molecule has 3 aliphatic heterocycles. The van der Waals surface area contributed by atoms with Gasteiger partial charge in [-0.1, -0.05) is 0 Å². The SMILES string of the molecule is CN=C(NCCn1ccnc1C)N1CC2C3CCC(O3)C2C1. The number of ether oxygens (including phenoxy) is 1. The molecular formula is C16H25N5O. The van der Waals surface area contributed by atoms with E-state index in [9.17, 15) is 0 Å². The number of aromatic nitrogens is 2. The number of nitrogens with zero attached hydrogens (tertiary/aromatic N) is 4. The molecule has 1 aromatic rings. The van der Waals surface area contributed by atoms with Gasteiger partial charge in [0.2, 0.25) is 0 Å². The van der Waals surface area contributed by atoms with E-state index in [0.29, 0.717) is 24.0 Å². The number of rotatable bonds is 3. The second-order valence-corrected chi connectivity index (χ2v) is 6.66. The highest BCUT2D eigenvalue weighted by Gasteiger charge is 2.53. The first-order valence-corrected chi connectivity index (χ1v) is 8.35. The Kier molecular flexibility index (Phi) is 3.56. The van der Waals surface area contributed by atoms with Gasteiger partial charge in [-0.25, -0.2) is 4.98 Å². The molecule has 0 aliphatic carbocycles. The normalized spacial score (nSPS) is 33.5. The van der Waals surface area contributed by atoms with Crippen molar-refractivity contribution in [1.29, 1.82) is 0 Å². The Morgan fingerprint density at radius 1 is 1.36 bits per heavy atom.